The Hall–Kier alpha value is -4.04. The van der Waals surface area contributed by atoms with Crippen molar-refractivity contribution in [2.24, 2.45) is 0 Å². The number of carbonyl (C=O) groups is 1. The van der Waals surface area contributed by atoms with Crippen LogP contribution < -0.4 is 20.7 Å². The summed E-state index contributed by atoms with van der Waals surface area (Å²) in [5.74, 6) is -1.24. The van der Waals surface area contributed by atoms with Gasteiger partial charge in [0.1, 0.15) is 5.82 Å². The van der Waals surface area contributed by atoms with Crippen molar-refractivity contribution in [1.82, 2.24) is 19.9 Å². The average Bonchev–Trinajstić information content (AvgIpc) is 2.94. The summed E-state index contributed by atoms with van der Waals surface area (Å²) in [7, 11) is 1.94. The van der Waals surface area contributed by atoms with Crippen molar-refractivity contribution < 1.29 is 27.1 Å². The number of carbonyl (C=O) groups excluding carboxylic acids is 1. The second-order valence-corrected chi connectivity index (χ2v) is 9.59. The van der Waals surface area contributed by atoms with Gasteiger partial charge in [-0.1, -0.05) is 0 Å². The number of aromatic amines is 1. The van der Waals surface area contributed by atoms with E-state index in [0.29, 0.717) is 75.7 Å². The largest absolute Gasteiger partial charge is 0.417 e. The third-order valence-electron chi connectivity index (χ3n) is 6.90. The number of anilines is 3. The van der Waals surface area contributed by atoms with E-state index >= 15 is 4.39 Å². The first-order valence-electron chi connectivity index (χ1n) is 12.6. The number of nitrogens with zero attached hydrogens (tertiary/aromatic N) is 5. The highest BCUT2D eigenvalue weighted by Gasteiger charge is 2.36. The van der Waals surface area contributed by atoms with Crippen LogP contribution in [0.15, 0.2) is 41.6 Å². The Morgan fingerprint density at radius 2 is 1.68 bits per heavy atom. The van der Waals surface area contributed by atoms with Crippen LogP contribution in [0.25, 0.3) is 11.1 Å². The number of likely N-dealkylation sites (N-methyl/N-ethyl adjacent to an activating group) is 1. The van der Waals surface area contributed by atoms with Crippen LogP contribution in [-0.4, -0.2) is 85.3 Å². The zero-order valence-corrected chi connectivity index (χ0v) is 21.6. The molecule has 2 fully saturated rings. The number of ether oxygens (including phenoxy) is 1. The van der Waals surface area contributed by atoms with E-state index in [-0.39, 0.29) is 11.3 Å². The highest BCUT2D eigenvalue weighted by Crippen LogP contribution is 2.36. The van der Waals surface area contributed by atoms with Crippen molar-refractivity contribution in [1.29, 1.82) is 0 Å². The molecule has 0 spiro atoms. The molecule has 10 nitrogen and oxygen atoms in total. The van der Waals surface area contributed by atoms with Crippen molar-refractivity contribution in [2.75, 3.05) is 74.6 Å². The predicted octanol–water partition coefficient (Wildman–Crippen LogP) is 2.83. The molecule has 0 unspecified atom stereocenters. The summed E-state index contributed by atoms with van der Waals surface area (Å²) >= 11 is 0. The summed E-state index contributed by atoms with van der Waals surface area (Å²) in [6.07, 6.45) is -1.30. The maximum Gasteiger partial charge on any atom is 0.417 e. The molecule has 2 N–H and O–H groups in total. The highest BCUT2D eigenvalue weighted by molar-refractivity contribution is 6.07. The fraction of sp³-hybridized carbons (Fsp3) is 0.385. The van der Waals surface area contributed by atoms with Crippen LogP contribution >= 0.6 is 0 Å². The van der Waals surface area contributed by atoms with Gasteiger partial charge >= 0.3 is 6.18 Å². The van der Waals surface area contributed by atoms with Crippen LogP contribution in [0.3, 0.4) is 0 Å². The van der Waals surface area contributed by atoms with Gasteiger partial charge in [0, 0.05) is 75.1 Å². The number of nitrogens with one attached hydrogen (secondary N) is 2. The molecule has 14 heteroatoms. The number of hydrogen-bond donors (Lipinski definition) is 2. The minimum absolute atomic E-state index is 0.0687. The van der Waals surface area contributed by atoms with Gasteiger partial charge in [-0.05, 0) is 19.2 Å². The van der Waals surface area contributed by atoms with Crippen molar-refractivity contribution in [3.05, 3.63) is 64.1 Å². The normalized spacial score (nSPS) is 16.7. The number of alkyl halides is 3. The summed E-state index contributed by atoms with van der Waals surface area (Å²) in [5, 5.41) is 2.52. The van der Waals surface area contributed by atoms with Gasteiger partial charge in [-0.25, -0.2) is 14.4 Å². The van der Waals surface area contributed by atoms with Gasteiger partial charge in [0.25, 0.3) is 5.91 Å². The number of rotatable bonds is 5. The van der Waals surface area contributed by atoms with Crippen molar-refractivity contribution in [2.45, 2.75) is 6.18 Å². The Balaban J connectivity index is 1.52. The number of morpholine rings is 1. The molecule has 0 aliphatic carbocycles. The van der Waals surface area contributed by atoms with Crippen LogP contribution in [0.1, 0.15) is 15.9 Å². The van der Waals surface area contributed by atoms with E-state index in [2.05, 4.69) is 25.2 Å². The number of pyridine rings is 1. The molecule has 1 aromatic carbocycles. The molecule has 212 valence electrons. The van der Waals surface area contributed by atoms with E-state index in [9.17, 15) is 22.8 Å². The molecule has 4 heterocycles. The van der Waals surface area contributed by atoms with Gasteiger partial charge in [0.05, 0.1) is 35.7 Å². The van der Waals surface area contributed by atoms with E-state index in [1.165, 1.54) is 24.5 Å². The predicted molar refractivity (Wildman–Crippen MR) is 140 cm³/mol. The minimum Gasteiger partial charge on any atom is -0.378 e. The molecule has 2 aromatic heterocycles. The number of H-pyrrole nitrogens is 1. The lowest BCUT2D eigenvalue weighted by Crippen LogP contribution is -2.44. The van der Waals surface area contributed by atoms with Gasteiger partial charge in [0.15, 0.2) is 0 Å². The maximum absolute atomic E-state index is 15.5. The third-order valence-corrected chi connectivity index (χ3v) is 6.90. The standard InChI is InChI=1S/C26H27F4N7O3/c1-35-2-4-36(5-3-35)22-12-20(27)17(16-13-32-25(33-14-16)37-6-8-40-9-7-37)10-21(22)34-24(39)18-15-31-23(38)11-19(18)26(28,29)30/h10-15H,2-9H2,1H3,(H,31,38)(H,34,39). The Kier molecular flexibility index (Phi) is 7.72. The molecule has 0 radical (unpaired) electrons. The minimum atomic E-state index is -4.94. The second-order valence-electron chi connectivity index (χ2n) is 9.59. The van der Waals surface area contributed by atoms with Crippen LogP contribution in [0.2, 0.25) is 0 Å². The van der Waals surface area contributed by atoms with Crippen molar-refractivity contribution >= 4 is 23.2 Å². The molecule has 2 aliphatic heterocycles. The van der Waals surface area contributed by atoms with Gasteiger partial charge in [0.2, 0.25) is 11.5 Å². The average molecular weight is 562 g/mol. The molecule has 40 heavy (non-hydrogen) atoms. The first-order valence-corrected chi connectivity index (χ1v) is 12.6. The first-order chi connectivity index (χ1) is 19.1. The molecule has 2 aliphatic rings. The number of amides is 1. The third kappa shape index (κ3) is 5.92. The molecule has 0 saturated carbocycles. The second kappa shape index (κ2) is 11.2. The Morgan fingerprint density at radius 3 is 2.33 bits per heavy atom. The van der Waals surface area contributed by atoms with E-state index in [0.717, 1.165) is 6.20 Å². The molecule has 1 amide bonds. The summed E-state index contributed by atoms with van der Waals surface area (Å²) in [6, 6.07) is 2.95. The first kappa shape index (κ1) is 27.5. The van der Waals surface area contributed by atoms with Gasteiger partial charge in [-0.2, -0.15) is 13.2 Å². The zero-order chi connectivity index (χ0) is 28.4. The fourth-order valence-corrected chi connectivity index (χ4v) is 4.66. The molecular weight excluding hydrogens is 534 g/mol. The van der Waals surface area contributed by atoms with E-state index in [1.54, 1.807) is 0 Å². The summed E-state index contributed by atoms with van der Waals surface area (Å²) < 4.78 is 61.7. The Morgan fingerprint density at radius 1 is 1.00 bits per heavy atom. The van der Waals surface area contributed by atoms with Gasteiger partial charge < -0.3 is 29.7 Å². The lowest BCUT2D eigenvalue weighted by atomic mass is 10.0. The van der Waals surface area contributed by atoms with E-state index in [1.807, 2.05) is 16.8 Å². The maximum atomic E-state index is 15.5. The number of benzene rings is 1. The molecule has 5 rings (SSSR count). The summed E-state index contributed by atoms with van der Waals surface area (Å²) in [5.41, 5.74) is -2.29. The van der Waals surface area contributed by atoms with Crippen LogP contribution in [0, 0.1) is 5.82 Å². The monoisotopic (exact) mass is 561 g/mol. The Labute approximate surface area is 226 Å². The topological polar surface area (TPSA) is 107 Å². The van der Waals surface area contributed by atoms with E-state index < -0.39 is 34.6 Å². The van der Waals surface area contributed by atoms with Gasteiger partial charge in [-0.15, -0.1) is 0 Å². The van der Waals surface area contributed by atoms with Gasteiger partial charge in [-0.3, -0.25) is 9.59 Å². The summed E-state index contributed by atoms with van der Waals surface area (Å²) in [6.45, 7) is 4.70. The lowest BCUT2D eigenvalue weighted by molar-refractivity contribution is -0.138. The highest BCUT2D eigenvalue weighted by atomic mass is 19.4. The molecule has 0 bridgehead atoms. The number of aromatic nitrogens is 3. The van der Waals surface area contributed by atoms with Crippen molar-refractivity contribution in [3.63, 3.8) is 0 Å². The smallest absolute Gasteiger partial charge is 0.378 e. The summed E-state index contributed by atoms with van der Waals surface area (Å²) in [4.78, 5) is 41.4. The molecular formula is C26H27F4N7O3. The number of piperazine rings is 1. The zero-order valence-electron chi connectivity index (χ0n) is 21.6. The van der Waals surface area contributed by atoms with Crippen LogP contribution in [-0.2, 0) is 10.9 Å². The van der Waals surface area contributed by atoms with Crippen LogP contribution in [0.5, 0.6) is 0 Å². The lowest BCUT2D eigenvalue weighted by Gasteiger charge is -2.35. The molecule has 0 atom stereocenters. The molecule has 3 aromatic rings. The Bertz CT molecular complexity index is 1430. The van der Waals surface area contributed by atoms with E-state index in [4.69, 9.17) is 4.74 Å². The van der Waals surface area contributed by atoms with Crippen molar-refractivity contribution in [3.8, 4) is 11.1 Å². The molecule has 2 saturated heterocycles. The fourth-order valence-electron chi connectivity index (χ4n) is 4.66. The SMILES string of the molecule is CN1CCN(c2cc(F)c(-c3cnc(N4CCOCC4)nc3)cc2NC(=O)c2c[nH]c(=O)cc2C(F)(F)F)CC1. The number of halogens is 4. The quantitative estimate of drug-likeness (QED) is 0.459. The number of hydrogen-bond acceptors (Lipinski definition) is 8. The van der Waals surface area contributed by atoms with Crippen LogP contribution in [0.4, 0.5) is 34.9 Å².